The molecule has 1 fully saturated rings. The third-order valence-electron chi connectivity index (χ3n) is 3.09. The van der Waals surface area contributed by atoms with Crippen LogP contribution in [-0.2, 0) is 10.9 Å². The fraction of sp³-hybridized carbons (Fsp3) is 0.667. The van der Waals surface area contributed by atoms with Crippen molar-refractivity contribution in [2.24, 2.45) is 0 Å². The first-order valence-corrected chi connectivity index (χ1v) is 6.44. The molecule has 0 bridgehead atoms. The molecule has 112 valence electrons. The van der Waals surface area contributed by atoms with Gasteiger partial charge in [0.2, 0.25) is 5.95 Å². The Hall–Kier alpha value is -1.57. The van der Waals surface area contributed by atoms with Gasteiger partial charge in [-0.05, 0) is 19.8 Å². The lowest BCUT2D eigenvalue weighted by Gasteiger charge is -2.35. The van der Waals surface area contributed by atoms with E-state index in [1.807, 2.05) is 6.92 Å². The molecule has 0 unspecified atom stereocenters. The van der Waals surface area contributed by atoms with Crippen molar-refractivity contribution in [2.75, 3.05) is 24.3 Å². The number of hydrogen-bond acceptors (Lipinski definition) is 5. The lowest BCUT2D eigenvalue weighted by Crippen LogP contribution is -2.41. The molecule has 1 aromatic heterocycles. The number of alkyl halides is 3. The lowest BCUT2D eigenvalue weighted by atomic mass is 9.89. The molecule has 0 spiro atoms. The summed E-state index contributed by atoms with van der Waals surface area (Å²) in [7, 11) is 1.48. The fourth-order valence-electron chi connectivity index (χ4n) is 2.04. The highest BCUT2D eigenvalue weighted by atomic mass is 19.4. The highest BCUT2D eigenvalue weighted by Gasteiger charge is 2.35. The number of rotatable bonds is 5. The zero-order chi connectivity index (χ0) is 14.8. The van der Waals surface area contributed by atoms with E-state index in [2.05, 4.69) is 20.6 Å². The molecule has 1 aliphatic rings. The van der Waals surface area contributed by atoms with Gasteiger partial charge in [0, 0.05) is 25.8 Å². The van der Waals surface area contributed by atoms with Gasteiger partial charge < -0.3 is 15.4 Å². The van der Waals surface area contributed by atoms with Crippen LogP contribution in [0.1, 0.15) is 25.5 Å². The van der Waals surface area contributed by atoms with E-state index >= 15 is 0 Å². The van der Waals surface area contributed by atoms with Crippen LogP contribution in [0, 0.1) is 0 Å². The van der Waals surface area contributed by atoms with E-state index in [9.17, 15) is 13.2 Å². The number of anilines is 2. The quantitative estimate of drug-likeness (QED) is 0.872. The molecule has 0 aromatic carbocycles. The first-order valence-electron chi connectivity index (χ1n) is 6.44. The Kier molecular flexibility index (Phi) is 4.32. The van der Waals surface area contributed by atoms with E-state index in [-0.39, 0.29) is 23.9 Å². The minimum absolute atomic E-state index is 0.0528. The second kappa shape index (κ2) is 5.82. The maximum absolute atomic E-state index is 12.7. The summed E-state index contributed by atoms with van der Waals surface area (Å²) in [6, 6.07) is 1.02. The molecule has 0 aliphatic heterocycles. The minimum atomic E-state index is -4.49. The Morgan fingerprint density at radius 3 is 2.60 bits per heavy atom. The molecule has 8 heteroatoms. The SMILES string of the molecule is CCOC1CC(Nc2cc(C(F)(F)F)nc(NC)n2)C1. The lowest BCUT2D eigenvalue weighted by molar-refractivity contribution is -0.141. The van der Waals surface area contributed by atoms with Gasteiger partial charge in [-0.25, -0.2) is 4.98 Å². The van der Waals surface area contributed by atoms with Crippen molar-refractivity contribution in [3.8, 4) is 0 Å². The summed E-state index contributed by atoms with van der Waals surface area (Å²) in [4.78, 5) is 7.39. The number of aromatic nitrogens is 2. The highest BCUT2D eigenvalue weighted by Crippen LogP contribution is 2.31. The van der Waals surface area contributed by atoms with E-state index in [4.69, 9.17) is 4.74 Å². The molecule has 1 saturated carbocycles. The van der Waals surface area contributed by atoms with Crippen molar-refractivity contribution in [3.63, 3.8) is 0 Å². The van der Waals surface area contributed by atoms with Crippen LogP contribution in [0.3, 0.4) is 0 Å². The van der Waals surface area contributed by atoms with Crippen LogP contribution in [0.4, 0.5) is 24.9 Å². The molecule has 0 atom stereocenters. The Labute approximate surface area is 114 Å². The largest absolute Gasteiger partial charge is 0.433 e. The van der Waals surface area contributed by atoms with Crippen molar-refractivity contribution in [1.29, 1.82) is 0 Å². The Balaban J connectivity index is 2.05. The third-order valence-corrected chi connectivity index (χ3v) is 3.09. The van der Waals surface area contributed by atoms with Crippen LogP contribution in [0.5, 0.6) is 0 Å². The summed E-state index contributed by atoms with van der Waals surface area (Å²) in [5, 5.41) is 5.51. The highest BCUT2D eigenvalue weighted by molar-refractivity contribution is 5.44. The molecule has 0 saturated heterocycles. The van der Waals surface area contributed by atoms with E-state index in [0.717, 1.165) is 18.9 Å². The van der Waals surface area contributed by atoms with Gasteiger partial charge in [-0.1, -0.05) is 0 Å². The molecular weight excluding hydrogens is 273 g/mol. The second-order valence-electron chi connectivity index (χ2n) is 4.60. The van der Waals surface area contributed by atoms with Gasteiger partial charge in [-0.2, -0.15) is 18.2 Å². The second-order valence-corrected chi connectivity index (χ2v) is 4.60. The zero-order valence-corrected chi connectivity index (χ0v) is 11.3. The molecule has 20 heavy (non-hydrogen) atoms. The van der Waals surface area contributed by atoms with Crippen LogP contribution in [0.15, 0.2) is 6.07 Å². The smallest absolute Gasteiger partial charge is 0.378 e. The first kappa shape index (κ1) is 14.8. The van der Waals surface area contributed by atoms with Gasteiger partial charge in [-0.3, -0.25) is 0 Å². The maximum atomic E-state index is 12.7. The predicted molar refractivity (Wildman–Crippen MR) is 68.6 cm³/mol. The summed E-state index contributed by atoms with van der Waals surface area (Å²) in [6.07, 6.45) is -2.76. The summed E-state index contributed by atoms with van der Waals surface area (Å²) in [5.74, 6) is 0.125. The Morgan fingerprint density at radius 2 is 2.05 bits per heavy atom. The molecule has 0 amide bonds. The van der Waals surface area contributed by atoms with E-state index in [1.54, 1.807) is 0 Å². The van der Waals surface area contributed by atoms with Crippen LogP contribution in [0.2, 0.25) is 0 Å². The molecule has 5 nitrogen and oxygen atoms in total. The molecule has 1 aliphatic carbocycles. The van der Waals surface area contributed by atoms with Gasteiger partial charge >= 0.3 is 6.18 Å². The van der Waals surface area contributed by atoms with Crippen LogP contribution in [0.25, 0.3) is 0 Å². The van der Waals surface area contributed by atoms with Gasteiger partial charge in [0.15, 0.2) is 5.69 Å². The van der Waals surface area contributed by atoms with Gasteiger partial charge in [-0.15, -0.1) is 0 Å². The van der Waals surface area contributed by atoms with Crippen LogP contribution >= 0.6 is 0 Å². The summed E-state index contributed by atoms with van der Waals surface area (Å²) >= 11 is 0. The predicted octanol–water partition coefficient (Wildman–Crippen LogP) is 2.52. The van der Waals surface area contributed by atoms with Crippen molar-refractivity contribution >= 4 is 11.8 Å². The number of halogens is 3. The molecule has 1 heterocycles. The van der Waals surface area contributed by atoms with E-state index in [0.29, 0.717) is 6.61 Å². The van der Waals surface area contributed by atoms with Crippen molar-refractivity contribution in [1.82, 2.24) is 9.97 Å². The topological polar surface area (TPSA) is 59.1 Å². The maximum Gasteiger partial charge on any atom is 0.433 e. The van der Waals surface area contributed by atoms with E-state index in [1.165, 1.54) is 7.05 Å². The van der Waals surface area contributed by atoms with Crippen LogP contribution in [-0.4, -0.2) is 35.8 Å². The summed E-state index contributed by atoms with van der Waals surface area (Å²) < 4.78 is 43.5. The summed E-state index contributed by atoms with van der Waals surface area (Å²) in [5.41, 5.74) is -0.958. The minimum Gasteiger partial charge on any atom is -0.378 e. The first-order chi connectivity index (χ1) is 9.42. The molecular formula is C12H17F3N4O. The number of ether oxygens (including phenoxy) is 1. The monoisotopic (exact) mass is 290 g/mol. The average molecular weight is 290 g/mol. The van der Waals surface area contributed by atoms with Crippen LogP contribution < -0.4 is 10.6 Å². The van der Waals surface area contributed by atoms with Crippen molar-refractivity contribution < 1.29 is 17.9 Å². The molecule has 2 rings (SSSR count). The van der Waals surface area contributed by atoms with Crippen molar-refractivity contribution in [3.05, 3.63) is 11.8 Å². The number of nitrogens with zero attached hydrogens (tertiary/aromatic N) is 2. The van der Waals surface area contributed by atoms with Gasteiger partial charge in [0.05, 0.1) is 6.10 Å². The standard InChI is InChI=1S/C12H17F3N4O/c1-3-20-8-4-7(5-8)17-10-6-9(12(13,14)15)18-11(16-2)19-10/h6-8H,3-5H2,1-2H3,(H2,16,17,18,19). The number of nitrogens with one attached hydrogen (secondary N) is 2. The normalized spacial score (nSPS) is 22.2. The van der Waals surface area contributed by atoms with Gasteiger partial charge in [0.25, 0.3) is 0 Å². The molecule has 1 aromatic rings. The molecule has 2 N–H and O–H groups in total. The third kappa shape index (κ3) is 3.50. The average Bonchev–Trinajstić information content (AvgIpc) is 2.35. The zero-order valence-electron chi connectivity index (χ0n) is 11.3. The van der Waals surface area contributed by atoms with Crippen molar-refractivity contribution in [2.45, 2.75) is 38.1 Å². The fourth-order valence-corrected chi connectivity index (χ4v) is 2.04. The Bertz CT molecular complexity index is 461. The number of hydrogen-bond donors (Lipinski definition) is 2. The van der Waals surface area contributed by atoms with Gasteiger partial charge in [0.1, 0.15) is 5.82 Å². The summed E-state index contributed by atoms with van der Waals surface area (Å²) in [6.45, 7) is 2.56. The van der Waals surface area contributed by atoms with E-state index < -0.39 is 11.9 Å². The Morgan fingerprint density at radius 1 is 1.35 bits per heavy atom. The molecule has 0 radical (unpaired) electrons.